The van der Waals surface area contributed by atoms with Gasteiger partial charge in [-0.1, -0.05) is 55.3 Å². The van der Waals surface area contributed by atoms with E-state index < -0.39 is 0 Å². The van der Waals surface area contributed by atoms with Crippen LogP contribution in [0.2, 0.25) is 0 Å². The van der Waals surface area contributed by atoms with Crippen molar-refractivity contribution >= 4 is 5.97 Å². The van der Waals surface area contributed by atoms with Crippen LogP contribution in [0, 0.1) is 5.92 Å². The second-order valence-electron chi connectivity index (χ2n) is 6.10. The molecule has 1 aliphatic rings. The van der Waals surface area contributed by atoms with Gasteiger partial charge in [0, 0.05) is 0 Å². The molecule has 1 unspecified atom stereocenters. The van der Waals surface area contributed by atoms with Crippen molar-refractivity contribution in [3.8, 4) is 5.75 Å². The van der Waals surface area contributed by atoms with Gasteiger partial charge in [0.25, 0.3) is 0 Å². The van der Waals surface area contributed by atoms with Crippen LogP contribution in [0.25, 0.3) is 0 Å². The Hall–Kier alpha value is -2.29. The quantitative estimate of drug-likeness (QED) is 0.714. The Balaban J connectivity index is 1.63. The molecule has 0 aromatic heterocycles. The van der Waals surface area contributed by atoms with E-state index in [1.807, 2.05) is 54.6 Å². The molecule has 1 atom stereocenters. The molecule has 0 N–H and O–H groups in total. The topological polar surface area (TPSA) is 35.5 Å². The van der Waals surface area contributed by atoms with Gasteiger partial charge in [-0.15, -0.1) is 0 Å². The smallest absolute Gasteiger partial charge is 0.313 e. The summed E-state index contributed by atoms with van der Waals surface area (Å²) in [5, 5.41) is 0. The fraction of sp³-hybridized carbons (Fsp3) is 0.350. The van der Waals surface area contributed by atoms with Crippen molar-refractivity contribution in [3.05, 3.63) is 65.7 Å². The molecule has 1 saturated carbocycles. The molecule has 0 aliphatic heterocycles. The van der Waals surface area contributed by atoms with E-state index in [1.165, 1.54) is 20.0 Å². The minimum Gasteiger partial charge on any atom is -0.489 e. The summed E-state index contributed by atoms with van der Waals surface area (Å²) in [7, 11) is 1.46. The molecule has 120 valence electrons. The minimum absolute atomic E-state index is 0.144. The fourth-order valence-electron chi connectivity index (χ4n) is 2.73. The van der Waals surface area contributed by atoms with E-state index in [2.05, 4.69) is 0 Å². The lowest BCUT2D eigenvalue weighted by Gasteiger charge is -2.15. The van der Waals surface area contributed by atoms with E-state index in [4.69, 9.17) is 9.47 Å². The van der Waals surface area contributed by atoms with Gasteiger partial charge in [0.2, 0.25) is 0 Å². The Kier molecular flexibility index (Phi) is 4.96. The monoisotopic (exact) mass is 310 g/mol. The number of hydrogen-bond acceptors (Lipinski definition) is 3. The Morgan fingerprint density at radius 1 is 1.09 bits per heavy atom. The molecule has 2 aromatic rings. The Bertz CT molecular complexity index is 630. The zero-order valence-electron chi connectivity index (χ0n) is 13.4. The summed E-state index contributed by atoms with van der Waals surface area (Å²) in [6.45, 7) is 0.544. The van der Waals surface area contributed by atoms with Gasteiger partial charge >= 0.3 is 5.97 Å². The molecule has 0 bridgehead atoms. The summed E-state index contributed by atoms with van der Waals surface area (Å²) in [4.78, 5) is 12.0. The predicted octanol–water partition coefficient (Wildman–Crippen LogP) is 4.32. The average molecular weight is 310 g/mol. The summed E-state index contributed by atoms with van der Waals surface area (Å²) in [6, 6.07) is 17.9. The van der Waals surface area contributed by atoms with E-state index in [-0.39, 0.29) is 11.9 Å². The molecule has 3 nitrogen and oxygen atoms in total. The number of hydrogen-bond donors (Lipinski definition) is 0. The first-order chi connectivity index (χ1) is 11.3. The highest BCUT2D eigenvalue weighted by atomic mass is 16.5. The minimum atomic E-state index is -0.157. The van der Waals surface area contributed by atoms with E-state index in [0.717, 1.165) is 23.3 Å². The summed E-state index contributed by atoms with van der Waals surface area (Å²) in [5.74, 6) is 1.19. The Morgan fingerprint density at radius 2 is 1.78 bits per heavy atom. The van der Waals surface area contributed by atoms with Gasteiger partial charge in [-0.05, 0) is 35.6 Å². The van der Waals surface area contributed by atoms with Crippen LogP contribution in [0.4, 0.5) is 0 Å². The number of carbonyl (C=O) groups excluding carboxylic acids is 1. The molecule has 0 spiro atoms. The van der Waals surface area contributed by atoms with Crippen LogP contribution >= 0.6 is 0 Å². The van der Waals surface area contributed by atoms with E-state index in [9.17, 15) is 4.79 Å². The third-order valence-electron chi connectivity index (χ3n) is 4.28. The molecule has 1 fully saturated rings. The molecule has 3 rings (SSSR count). The van der Waals surface area contributed by atoms with Gasteiger partial charge < -0.3 is 9.47 Å². The second-order valence-corrected chi connectivity index (χ2v) is 6.10. The van der Waals surface area contributed by atoms with E-state index in [0.29, 0.717) is 12.5 Å². The zero-order chi connectivity index (χ0) is 16.1. The molecule has 0 saturated heterocycles. The summed E-state index contributed by atoms with van der Waals surface area (Å²) in [6.07, 6.45) is 3.34. The van der Waals surface area contributed by atoms with Crippen molar-refractivity contribution in [1.82, 2.24) is 0 Å². The van der Waals surface area contributed by atoms with Gasteiger partial charge in [-0.3, -0.25) is 4.79 Å². The van der Waals surface area contributed by atoms with Crippen molar-refractivity contribution in [1.29, 1.82) is 0 Å². The lowest BCUT2D eigenvalue weighted by atomic mass is 9.93. The van der Waals surface area contributed by atoms with Crippen molar-refractivity contribution < 1.29 is 14.3 Å². The maximum Gasteiger partial charge on any atom is 0.313 e. The van der Waals surface area contributed by atoms with Crippen LogP contribution < -0.4 is 4.74 Å². The SMILES string of the molecule is COC(=O)C(CC1CC1)c1ccc(OCc2ccccc2)cc1. The summed E-state index contributed by atoms with van der Waals surface area (Å²) >= 11 is 0. The highest BCUT2D eigenvalue weighted by molar-refractivity contribution is 5.78. The molecular weight excluding hydrogens is 288 g/mol. The van der Waals surface area contributed by atoms with Crippen LogP contribution in [0.5, 0.6) is 5.75 Å². The average Bonchev–Trinajstić information content (AvgIpc) is 3.43. The van der Waals surface area contributed by atoms with Crippen molar-refractivity contribution in [2.24, 2.45) is 5.92 Å². The number of methoxy groups -OCH3 is 1. The summed E-state index contributed by atoms with van der Waals surface area (Å²) < 4.78 is 10.8. The number of ether oxygens (including phenoxy) is 2. The number of carbonyl (C=O) groups is 1. The normalized spacial score (nSPS) is 15.0. The molecular formula is C20H22O3. The van der Waals surface area contributed by atoms with Crippen LogP contribution in [0.1, 0.15) is 36.3 Å². The molecule has 2 aromatic carbocycles. The van der Waals surface area contributed by atoms with Crippen LogP contribution in [-0.2, 0) is 16.1 Å². The Labute approximate surface area is 137 Å². The molecule has 23 heavy (non-hydrogen) atoms. The fourth-order valence-corrected chi connectivity index (χ4v) is 2.73. The standard InChI is InChI=1S/C20H22O3/c1-22-20(21)19(13-15-7-8-15)17-9-11-18(12-10-17)23-14-16-5-3-2-4-6-16/h2-6,9-12,15,19H,7-8,13-14H2,1H3. The second kappa shape index (κ2) is 7.32. The molecule has 0 amide bonds. The lowest BCUT2D eigenvalue weighted by Crippen LogP contribution is -2.15. The van der Waals surface area contributed by atoms with Gasteiger partial charge in [0.1, 0.15) is 12.4 Å². The molecule has 3 heteroatoms. The number of benzene rings is 2. The van der Waals surface area contributed by atoms with Crippen molar-refractivity contribution in [3.63, 3.8) is 0 Å². The predicted molar refractivity (Wildman–Crippen MR) is 89.3 cm³/mol. The first-order valence-electron chi connectivity index (χ1n) is 8.11. The zero-order valence-corrected chi connectivity index (χ0v) is 13.4. The molecule has 0 radical (unpaired) electrons. The maximum absolute atomic E-state index is 12.0. The van der Waals surface area contributed by atoms with Gasteiger partial charge in [0.05, 0.1) is 13.0 Å². The van der Waals surface area contributed by atoms with Crippen LogP contribution in [0.15, 0.2) is 54.6 Å². The number of esters is 1. The van der Waals surface area contributed by atoms with E-state index >= 15 is 0 Å². The number of rotatable bonds is 7. The van der Waals surface area contributed by atoms with Gasteiger partial charge in [-0.25, -0.2) is 0 Å². The lowest BCUT2D eigenvalue weighted by molar-refractivity contribution is -0.142. The third-order valence-corrected chi connectivity index (χ3v) is 4.28. The highest BCUT2D eigenvalue weighted by Gasteiger charge is 2.30. The first kappa shape index (κ1) is 15.6. The Morgan fingerprint density at radius 3 is 2.39 bits per heavy atom. The van der Waals surface area contributed by atoms with Crippen molar-refractivity contribution in [2.75, 3.05) is 7.11 Å². The first-order valence-corrected chi connectivity index (χ1v) is 8.11. The molecule has 0 heterocycles. The van der Waals surface area contributed by atoms with Crippen LogP contribution in [-0.4, -0.2) is 13.1 Å². The largest absolute Gasteiger partial charge is 0.489 e. The van der Waals surface area contributed by atoms with Crippen molar-refractivity contribution in [2.45, 2.75) is 31.8 Å². The van der Waals surface area contributed by atoms with E-state index in [1.54, 1.807) is 0 Å². The highest BCUT2D eigenvalue weighted by Crippen LogP contribution is 2.39. The maximum atomic E-state index is 12.0. The van der Waals surface area contributed by atoms with Gasteiger partial charge in [0.15, 0.2) is 0 Å². The third kappa shape index (κ3) is 4.35. The van der Waals surface area contributed by atoms with Crippen LogP contribution in [0.3, 0.4) is 0 Å². The van der Waals surface area contributed by atoms with Gasteiger partial charge in [-0.2, -0.15) is 0 Å². The summed E-state index contributed by atoms with van der Waals surface area (Å²) in [5.41, 5.74) is 2.15. The molecule has 1 aliphatic carbocycles.